The highest BCUT2D eigenvalue weighted by Gasteiger charge is 2.05. The molecular weight excluding hydrogens is 250 g/mol. The molecule has 0 amide bonds. The van der Waals surface area contributed by atoms with Crippen LogP contribution in [0.15, 0.2) is 54.6 Å². The van der Waals surface area contributed by atoms with Crippen molar-refractivity contribution in [3.8, 4) is 0 Å². The summed E-state index contributed by atoms with van der Waals surface area (Å²) in [5.41, 5.74) is 6.13. The van der Waals surface area contributed by atoms with Crippen molar-refractivity contribution >= 4 is 27.5 Å². The second-order valence-corrected chi connectivity index (χ2v) is 4.74. The van der Waals surface area contributed by atoms with Crippen LogP contribution in [-0.4, -0.2) is 12.7 Å². The molecule has 0 saturated heterocycles. The van der Waals surface area contributed by atoms with Gasteiger partial charge in [-0.1, -0.05) is 42.5 Å². The lowest BCUT2D eigenvalue weighted by molar-refractivity contribution is -0.142. The van der Waals surface area contributed by atoms with Crippen molar-refractivity contribution in [1.82, 2.24) is 0 Å². The van der Waals surface area contributed by atoms with Gasteiger partial charge in [-0.15, -0.1) is 0 Å². The van der Waals surface area contributed by atoms with E-state index in [4.69, 9.17) is 10.5 Å². The molecule has 3 aromatic carbocycles. The summed E-state index contributed by atoms with van der Waals surface area (Å²) in [5, 5.41) is 4.71. The summed E-state index contributed by atoms with van der Waals surface area (Å²) < 4.78 is 4.77. The molecule has 0 aliphatic heterocycles. The Morgan fingerprint density at radius 3 is 2.25 bits per heavy atom. The highest BCUT2D eigenvalue weighted by atomic mass is 16.5. The monoisotopic (exact) mass is 265 g/mol. The molecule has 0 radical (unpaired) electrons. The first kappa shape index (κ1) is 12.6. The zero-order valence-corrected chi connectivity index (χ0v) is 11.0. The Labute approximate surface area is 117 Å². The summed E-state index contributed by atoms with van der Waals surface area (Å²) in [6.45, 7) is -0.0724. The van der Waals surface area contributed by atoms with E-state index in [-0.39, 0.29) is 19.1 Å². The average Bonchev–Trinajstić information content (AvgIpc) is 2.45. The summed E-state index contributed by atoms with van der Waals surface area (Å²) >= 11 is 0. The van der Waals surface area contributed by atoms with Crippen LogP contribution in [0.25, 0.3) is 21.5 Å². The summed E-state index contributed by atoms with van der Waals surface area (Å²) in [4.78, 5) is 11.5. The van der Waals surface area contributed by atoms with E-state index in [0.717, 1.165) is 10.9 Å². The molecule has 100 valence electrons. The number of carbonyl (C=O) groups is 1. The van der Waals surface area contributed by atoms with Gasteiger partial charge in [0.25, 0.3) is 0 Å². The predicted molar refractivity (Wildman–Crippen MR) is 80.3 cm³/mol. The molecular formula is C17H15NO2. The summed E-state index contributed by atoms with van der Waals surface area (Å²) in [6.07, 6.45) is 0.250. The largest absolute Gasteiger partial charge is 0.450 e. The van der Waals surface area contributed by atoms with E-state index in [2.05, 4.69) is 24.3 Å². The van der Waals surface area contributed by atoms with Gasteiger partial charge in [0.1, 0.15) is 6.73 Å². The lowest BCUT2D eigenvalue weighted by Gasteiger charge is -2.06. The molecule has 20 heavy (non-hydrogen) atoms. The minimum absolute atomic E-state index is 0.0724. The van der Waals surface area contributed by atoms with E-state index in [1.165, 1.54) is 16.2 Å². The molecule has 0 fully saturated rings. The minimum Gasteiger partial charge on any atom is -0.450 e. The molecule has 0 aliphatic rings. The van der Waals surface area contributed by atoms with E-state index >= 15 is 0 Å². The van der Waals surface area contributed by atoms with Gasteiger partial charge in [0.2, 0.25) is 0 Å². The van der Waals surface area contributed by atoms with Gasteiger partial charge in [0, 0.05) is 0 Å². The molecule has 3 heteroatoms. The Hall–Kier alpha value is -2.39. The fourth-order valence-electron chi connectivity index (χ4n) is 2.41. The maximum absolute atomic E-state index is 11.5. The van der Waals surface area contributed by atoms with Crippen LogP contribution >= 0.6 is 0 Å². The van der Waals surface area contributed by atoms with Gasteiger partial charge in [0.15, 0.2) is 0 Å². The Morgan fingerprint density at radius 1 is 0.900 bits per heavy atom. The summed E-state index contributed by atoms with van der Waals surface area (Å²) in [6, 6.07) is 18.6. The molecule has 3 nitrogen and oxygen atoms in total. The summed E-state index contributed by atoms with van der Waals surface area (Å²) in [7, 11) is 0. The van der Waals surface area contributed by atoms with Gasteiger partial charge in [0.05, 0.1) is 6.42 Å². The molecule has 0 aliphatic carbocycles. The van der Waals surface area contributed by atoms with E-state index in [1.54, 1.807) is 0 Å². The highest BCUT2D eigenvalue weighted by Crippen LogP contribution is 2.23. The van der Waals surface area contributed by atoms with Gasteiger partial charge >= 0.3 is 5.97 Å². The first-order chi connectivity index (χ1) is 9.76. The Morgan fingerprint density at radius 2 is 1.55 bits per heavy atom. The maximum Gasteiger partial charge on any atom is 0.311 e. The lowest BCUT2D eigenvalue weighted by Crippen LogP contribution is -2.13. The van der Waals surface area contributed by atoms with Crippen molar-refractivity contribution in [2.45, 2.75) is 6.42 Å². The van der Waals surface area contributed by atoms with Crippen molar-refractivity contribution in [2.24, 2.45) is 5.73 Å². The van der Waals surface area contributed by atoms with Gasteiger partial charge in [-0.05, 0) is 39.2 Å². The second kappa shape index (κ2) is 5.31. The summed E-state index contributed by atoms with van der Waals surface area (Å²) in [5.74, 6) is -0.298. The van der Waals surface area contributed by atoms with E-state index in [9.17, 15) is 4.79 Å². The van der Waals surface area contributed by atoms with Crippen LogP contribution in [0, 0.1) is 0 Å². The second-order valence-electron chi connectivity index (χ2n) is 4.74. The number of hydrogen-bond donors (Lipinski definition) is 1. The lowest BCUT2D eigenvalue weighted by atomic mass is 10.0. The van der Waals surface area contributed by atoms with Gasteiger partial charge in [-0.25, -0.2) is 0 Å². The third kappa shape index (κ3) is 2.49. The van der Waals surface area contributed by atoms with Crippen molar-refractivity contribution in [3.63, 3.8) is 0 Å². The van der Waals surface area contributed by atoms with Crippen LogP contribution in [0.3, 0.4) is 0 Å². The van der Waals surface area contributed by atoms with Crippen molar-refractivity contribution in [2.75, 3.05) is 6.73 Å². The Bertz CT molecular complexity index is 780. The first-order valence-corrected chi connectivity index (χ1v) is 6.53. The Balaban J connectivity index is 2.01. The van der Waals surface area contributed by atoms with Crippen molar-refractivity contribution in [3.05, 3.63) is 60.2 Å². The Kier molecular flexibility index (Phi) is 3.35. The molecule has 3 rings (SSSR count). The molecule has 3 aromatic rings. The molecule has 0 atom stereocenters. The number of hydrogen-bond acceptors (Lipinski definition) is 3. The molecule has 0 unspecified atom stereocenters. The van der Waals surface area contributed by atoms with Gasteiger partial charge in [-0.3, -0.25) is 10.5 Å². The molecule has 0 spiro atoms. The maximum atomic E-state index is 11.5. The minimum atomic E-state index is -0.298. The van der Waals surface area contributed by atoms with Crippen LogP contribution < -0.4 is 5.73 Å². The number of ether oxygens (including phenoxy) is 1. The van der Waals surface area contributed by atoms with Crippen molar-refractivity contribution < 1.29 is 9.53 Å². The fourth-order valence-corrected chi connectivity index (χ4v) is 2.41. The standard InChI is InChI=1S/C17H15NO2/c18-11-20-17(19)8-12-5-6-15-9-13-3-1-2-4-14(13)10-16(15)7-12/h1-7,9-10H,8,11,18H2. The third-order valence-corrected chi connectivity index (χ3v) is 3.36. The predicted octanol–water partition coefficient (Wildman–Crippen LogP) is 2.99. The van der Waals surface area contributed by atoms with Gasteiger partial charge < -0.3 is 4.74 Å². The highest BCUT2D eigenvalue weighted by molar-refractivity contribution is 5.98. The number of carbonyl (C=O) groups excluding carboxylic acids is 1. The molecule has 0 saturated carbocycles. The van der Waals surface area contributed by atoms with E-state index in [1.807, 2.05) is 30.3 Å². The van der Waals surface area contributed by atoms with Gasteiger partial charge in [-0.2, -0.15) is 0 Å². The number of fused-ring (bicyclic) bond motifs is 2. The van der Waals surface area contributed by atoms with Crippen LogP contribution in [0.2, 0.25) is 0 Å². The van der Waals surface area contributed by atoms with Crippen LogP contribution in [0.1, 0.15) is 5.56 Å². The SMILES string of the molecule is NCOC(=O)Cc1ccc2cc3ccccc3cc2c1. The molecule has 2 N–H and O–H groups in total. The normalized spacial score (nSPS) is 10.8. The number of rotatable bonds is 3. The van der Waals surface area contributed by atoms with Crippen LogP contribution in [-0.2, 0) is 16.0 Å². The van der Waals surface area contributed by atoms with E-state index < -0.39 is 0 Å². The zero-order valence-electron chi connectivity index (χ0n) is 11.0. The number of esters is 1. The van der Waals surface area contributed by atoms with E-state index in [0.29, 0.717) is 0 Å². The van der Waals surface area contributed by atoms with Crippen molar-refractivity contribution in [1.29, 1.82) is 0 Å². The first-order valence-electron chi connectivity index (χ1n) is 6.53. The quantitative estimate of drug-likeness (QED) is 0.450. The fraction of sp³-hybridized carbons (Fsp3) is 0.118. The number of benzene rings is 3. The molecule has 0 aromatic heterocycles. The number of nitrogens with two attached hydrogens (primary N) is 1. The molecule has 0 bridgehead atoms. The van der Waals surface area contributed by atoms with Crippen LogP contribution in [0.5, 0.6) is 0 Å². The zero-order chi connectivity index (χ0) is 13.9. The topological polar surface area (TPSA) is 52.3 Å². The average molecular weight is 265 g/mol. The molecule has 0 heterocycles. The van der Waals surface area contributed by atoms with Crippen LogP contribution in [0.4, 0.5) is 0 Å². The smallest absolute Gasteiger partial charge is 0.311 e. The third-order valence-electron chi connectivity index (χ3n) is 3.36.